The number of carbonyl (C=O) groups excluding carboxylic acids is 1. The van der Waals surface area contributed by atoms with Gasteiger partial charge in [0.05, 0.1) is 12.2 Å². The summed E-state index contributed by atoms with van der Waals surface area (Å²) in [5, 5.41) is 7.30. The molecule has 3 heterocycles. The van der Waals surface area contributed by atoms with E-state index in [1.165, 1.54) is 0 Å². The van der Waals surface area contributed by atoms with Crippen LogP contribution in [0.15, 0.2) is 24.4 Å². The maximum absolute atomic E-state index is 12.3. The molecule has 0 aliphatic carbocycles. The molecule has 0 bridgehead atoms. The summed E-state index contributed by atoms with van der Waals surface area (Å²) >= 11 is 1.88. The van der Waals surface area contributed by atoms with Crippen LogP contribution in [0, 0.1) is 13.8 Å². The normalized spacial score (nSPS) is 17.0. The van der Waals surface area contributed by atoms with Gasteiger partial charge in [0, 0.05) is 35.8 Å². The SMILES string of the molecule is Cc1cc(C)n(CCNC(=O)c2ccnc(O[C@H]3CCSC3)c2)n1. The molecule has 7 heteroatoms. The Bertz CT molecular complexity index is 710. The van der Waals surface area contributed by atoms with Gasteiger partial charge in [-0.25, -0.2) is 4.98 Å². The van der Waals surface area contributed by atoms with Crippen molar-refractivity contribution in [1.82, 2.24) is 20.1 Å². The standard InChI is InChI=1S/C17H22N4O2S/c1-12-9-13(2)21(20-12)7-6-19-17(22)14-3-5-18-16(10-14)23-15-4-8-24-11-15/h3,5,9-10,15H,4,6-8,11H2,1-2H3,(H,19,22)/t15-/m0/s1. The van der Waals surface area contributed by atoms with E-state index in [1.54, 1.807) is 18.3 Å². The van der Waals surface area contributed by atoms with Crippen LogP contribution in [0.4, 0.5) is 0 Å². The van der Waals surface area contributed by atoms with Crippen LogP contribution in [0.25, 0.3) is 0 Å². The summed E-state index contributed by atoms with van der Waals surface area (Å²) < 4.78 is 7.73. The number of nitrogens with zero attached hydrogens (tertiary/aromatic N) is 3. The Hall–Kier alpha value is -2.02. The number of ether oxygens (including phenoxy) is 1. The molecule has 3 rings (SSSR count). The minimum atomic E-state index is -0.121. The molecule has 6 nitrogen and oxygen atoms in total. The molecule has 1 saturated heterocycles. The molecule has 0 aromatic carbocycles. The van der Waals surface area contributed by atoms with Crippen molar-refractivity contribution in [3.63, 3.8) is 0 Å². The third-order valence-corrected chi connectivity index (χ3v) is 5.02. The number of rotatable bonds is 6. The fraction of sp³-hybridized carbons (Fsp3) is 0.471. The van der Waals surface area contributed by atoms with Gasteiger partial charge in [-0.3, -0.25) is 9.48 Å². The van der Waals surface area contributed by atoms with Crippen molar-refractivity contribution >= 4 is 17.7 Å². The van der Waals surface area contributed by atoms with E-state index in [0.717, 1.165) is 29.3 Å². The topological polar surface area (TPSA) is 69.0 Å². The Labute approximate surface area is 146 Å². The van der Waals surface area contributed by atoms with Gasteiger partial charge in [0.25, 0.3) is 5.91 Å². The average Bonchev–Trinajstić information content (AvgIpc) is 3.17. The molecule has 1 amide bonds. The van der Waals surface area contributed by atoms with Gasteiger partial charge < -0.3 is 10.1 Å². The zero-order valence-electron chi connectivity index (χ0n) is 14.0. The molecule has 1 N–H and O–H groups in total. The Morgan fingerprint density at radius 2 is 2.33 bits per heavy atom. The summed E-state index contributed by atoms with van der Waals surface area (Å²) in [5.74, 6) is 2.51. The highest BCUT2D eigenvalue weighted by Gasteiger charge is 2.18. The number of aromatic nitrogens is 3. The van der Waals surface area contributed by atoms with Gasteiger partial charge in [-0.1, -0.05) is 0 Å². The molecule has 2 aromatic rings. The van der Waals surface area contributed by atoms with Crippen LogP contribution in [0.1, 0.15) is 28.2 Å². The Morgan fingerprint density at radius 3 is 3.04 bits per heavy atom. The second-order valence-corrected chi connectivity index (χ2v) is 7.04. The van der Waals surface area contributed by atoms with Crippen LogP contribution in [0.2, 0.25) is 0 Å². The Balaban J connectivity index is 1.53. The maximum Gasteiger partial charge on any atom is 0.251 e. The minimum Gasteiger partial charge on any atom is -0.473 e. The van der Waals surface area contributed by atoms with Gasteiger partial charge >= 0.3 is 0 Å². The lowest BCUT2D eigenvalue weighted by Gasteiger charge is -2.12. The first-order chi connectivity index (χ1) is 11.6. The van der Waals surface area contributed by atoms with Crippen molar-refractivity contribution in [3.8, 4) is 5.88 Å². The number of carbonyl (C=O) groups is 1. The lowest BCUT2D eigenvalue weighted by Crippen LogP contribution is -2.28. The largest absolute Gasteiger partial charge is 0.473 e. The molecule has 1 atom stereocenters. The second kappa shape index (κ2) is 7.70. The van der Waals surface area contributed by atoms with Crippen molar-refractivity contribution in [2.24, 2.45) is 0 Å². The smallest absolute Gasteiger partial charge is 0.251 e. The lowest BCUT2D eigenvalue weighted by molar-refractivity contribution is 0.0950. The van der Waals surface area contributed by atoms with Gasteiger partial charge in [-0.05, 0) is 38.2 Å². The summed E-state index contributed by atoms with van der Waals surface area (Å²) in [5.41, 5.74) is 2.65. The van der Waals surface area contributed by atoms with Crippen molar-refractivity contribution in [3.05, 3.63) is 41.3 Å². The number of nitrogens with one attached hydrogen (secondary N) is 1. The van der Waals surface area contributed by atoms with Gasteiger partial charge in [0.15, 0.2) is 0 Å². The molecule has 128 valence electrons. The van der Waals surface area contributed by atoms with Crippen LogP contribution in [0.3, 0.4) is 0 Å². The summed E-state index contributed by atoms with van der Waals surface area (Å²) in [4.78, 5) is 16.5. The predicted molar refractivity (Wildman–Crippen MR) is 94.6 cm³/mol. The maximum atomic E-state index is 12.3. The number of thioether (sulfide) groups is 1. The quantitative estimate of drug-likeness (QED) is 0.868. The highest BCUT2D eigenvalue weighted by Crippen LogP contribution is 2.22. The predicted octanol–water partition coefficient (Wildman–Crippen LogP) is 2.21. The molecule has 1 fully saturated rings. The second-order valence-electron chi connectivity index (χ2n) is 5.89. The first kappa shape index (κ1) is 16.8. The first-order valence-corrected chi connectivity index (χ1v) is 9.27. The summed E-state index contributed by atoms with van der Waals surface area (Å²) in [6.45, 7) is 5.15. The van der Waals surface area contributed by atoms with Crippen molar-refractivity contribution in [2.45, 2.75) is 32.9 Å². The van der Waals surface area contributed by atoms with Crippen LogP contribution in [-0.2, 0) is 6.54 Å². The van der Waals surface area contributed by atoms with Gasteiger partial charge in [-0.15, -0.1) is 0 Å². The molecule has 24 heavy (non-hydrogen) atoms. The number of hydrogen-bond acceptors (Lipinski definition) is 5. The van der Waals surface area contributed by atoms with E-state index >= 15 is 0 Å². The molecular weight excluding hydrogens is 324 g/mol. The molecule has 0 unspecified atom stereocenters. The Morgan fingerprint density at radius 1 is 1.46 bits per heavy atom. The van der Waals surface area contributed by atoms with E-state index in [2.05, 4.69) is 15.4 Å². The number of pyridine rings is 1. The summed E-state index contributed by atoms with van der Waals surface area (Å²) in [7, 11) is 0. The minimum absolute atomic E-state index is 0.121. The molecule has 0 saturated carbocycles. The number of aryl methyl sites for hydroxylation is 2. The molecular formula is C17H22N4O2S. The van der Waals surface area contributed by atoms with Crippen molar-refractivity contribution in [2.75, 3.05) is 18.1 Å². The molecule has 1 aliphatic heterocycles. The van der Waals surface area contributed by atoms with Gasteiger partial charge in [-0.2, -0.15) is 16.9 Å². The molecule has 0 spiro atoms. The van der Waals surface area contributed by atoms with E-state index in [0.29, 0.717) is 24.5 Å². The van der Waals surface area contributed by atoms with Crippen LogP contribution in [0.5, 0.6) is 5.88 Å². The third-order valence-electron chi connectivity index (χ3n) is 3.88. The van der Waals surface area contributed by atoms with E-state index < -0.39 is 0 Å². The zero-order chi connectivity index (χ0) is 16.9. The van der Waals surface area contributed by atoms with Gasteiger partial charge in [0.2, 0.25) is 5.88 Å². The summed E-state index contributed by atoms with van der Waals surface area (Å²) in [6, 6.07) is 5.44. The highest BCUT2D eigenvalue weighted by molar-refractivity contribution is 7.99. The first-order valence-electron chi connectivity index (χ1n) is 8.11. The van der Waals surface area contributed by atoms with E-state index in [9.17, 15) is 4.79 Å². The van der Waals surface area contributed by atoms with Crippen molar-refractivity contribution < 1.29 is 9.53 Å². The molecule has 1 aliphatic rings. The number of amides is 1. The number of hydrogen-bond donors (Lipinski definition) is 1. The van der Waals surface area contributed by atoms with Crippen LogP contribution in [-0.4, -0.2) is 44.8 Å². The zero-order valence-corrected chi connectivity index (χ0v) is 14.8. The van der Waals surface area contributed by atoms with E-state index in [1.807, 2.05) is 36.4 Å². The monoisotopic (exact) mass is 346 g/mol. The van der Waals surface area contributed by atoms with E-state index in [4.69, 9.17) is 4.74 Å². The fourth-order valence-corrected chi connectivity index (χ4v) is 3.76. The molecule has 2 aromatic heterocycles. The van der Waals surface area contributed by atoms with Crippen LogP contribution < -0.4 is 10.1 Å². The fourth-order valence-electron chi connectivity index (χ4n) is 2.67. The third kappa shape index (κ3) is 4.29. The Kier molecular flexibility index (Phi) is 5.40. The average molecular weight is 346 g/mol. The lowest BCUT2D eigenvalue weighted by atomic mass is 10.2. The molecule has 0 radical (unpaired) electrons. The van der Waals surface area contributed by atoms with Crippen molar-refractivity contribution in [1.29, 1.82) is 0 Å². The van der Waals surface area contributed by atoms with E-state index in [-0.39, 0.29) is 12.0 Å². The van der Waals surface area contributed by atoms with Gasteiger partial charge in [0.1, 0.15) is 6.10 Å². The highest BCUT2D eigenvalue weighted by atomic mass is 32.2. The summed E-state index contributed by atoms with van der Waals surface area (Å²) in [6.07, 6.45) is 2.85. The van der Waals surface area contributed by atoms with Crippen LogP contribution >= 0.6 is 11.8 Å².